The van der Waals surface area contributed by atoms with Crippen molar-refractivity contribution in [3.8, 4) is 11.8 Å². The van der Waals surface area contributed by atoms with Crippen LogP contribution in [0.1, 0.15) is 54.1 Å². The van der Waals surface area contributed by atoms with Gasteiger partial charge in [-0.3, -0.25) is 19.6 Å². The van der Waals surface area contributed by atoms with Gasteiger partial charge in [-0.25, -0.2) is 5.48 Å². The predicted molar refractivity (Wildman–Crippen MR) is 139 cm³/mol. The molecule has 8 N–H and O–H groups in total. The summed E-state index contributed by atoms with van der Waals surface area (Å²) in [4.78, 5) is 36.2. The van der Waals surface area contributed by atoms with Gasteiger partial charge < -0.3 is 26.8 Å². The Bertz CT molecular complexity index is 1140. The van der Waals surface area contributed by atoms with Gasteiger partial charge in [0, 0.05) is 34.5 Å². The minimum atomic E-state index is -1.29. The first kappa shape index (κ1) is 27.8. The molecule has 0 heterocycles. The second kappa shape index (κ2) is 13.5. The molecule has 0 bridgehead atoms. The predicted octanol–water partition coefficient (Wildman–Crippen LogP) is 0.869. The molecular formula is C27H33N5O5. The quantitative estimate of drug-likeness (QED) is 0.158. The largest absolute Gasteiger partial charge is 0.391 e. The number of carbonyl (C=O) groups excluding carboxylic acids is 3. The van der Waals surface area contributed by atoms with E-state index >= 15 is 0 Å². The van der Waals surface area contributed by atoms with Crippen LogP contribution in [-0.2, 0) is 9.59 Å². The van der Waals surface area contributed by atoms with Crippen LogP contribution in [0.25, 0.3) is 0 Å². The minimum absolute atomic E-state index is 0.112. The molecule has 4 unspecified atom stereocenters. The third kappa shape index (κ3) is 8.70. The van der Waals surface area contributed by atoms with Gasteiger partial charge in [-0.1, -0.05) is 18.3 Å². The van der Waals surface area contributed by atoms with E-state index in [0.29, 0.717) is 11.3 Å². The topological polar surface area (TPSA) is 166 Å². The molecule has 1 saturated carbocycles. The van der Waals surface area contributed by atoms with Crippen LogP contribution in [0.15, 0.2) is 48.5 Å². The van der Waals surface area contributed by atoms with Gasteiger partial charge >= 0.3 is 0 Å². The SMILES string of the molecule is CC(O)C(NC(=O)c1ccc(C#Cc2ccc(NC(=O)CNC3CCCC(N)C3)cc2)cc1)C(=O)NO. The van der Waals surface area contributed by atoms with Gasteiger partial charge in [0.05, 0.1) is 12.6 Å². The van der Waals surface area contributed by atoms with Crippen LogP contribution in [-0.4, -0.2) is 58.8 Å². The highest BCUT2D eigenvalue weighted by Gasteiger charge is 2.25. The zero-order valence-electron chi connectivity index (χ0n) is 20.7. The molecule has 3 rings (SSSR count). The Labute approximate surface area is 216 Å². The molecule has 1 fully saturated rings. The molecule has 37 heavy (non-hydrogen) atoms. The number of nitrogens with one attached hydrogen (secondary N) is 4. The number of amides is 3. The first-order valence-electron chi connectivity index (χ1n) is 12.2. The molecular weight excluding hydrogens is 474 g/mol. The third-order valence-corrected chi connectivity index (χ3v) is 6.09. The number of nitrogens with two attached hydrogens (primary N) is 1. The number of hydrogen-bond acceptors (Lipinski definition) is 7. The second-order valence-corrected chi connectivity index (χ2v) is 9.13. The maximum absolute atomic E-state index is 12.4. The number of hydroxylamine groups is 1. The van der Waals surface area contributed by atoms with Crippen molar-refractivity contribution >= 4 is 23.4 Å². The highest BCUT2D eigenvalue weighted by atomic mass is 16.5. The molecule has 4 atom stereocenters. The zero-order chi connectivity index (χ0) is 26.8. The fourth-order valence-corrected chi connectivity index (χ4v) is 4.04. The molecule has 0 radical (unpaired) electrons. The Kier molecular flexibility index (Phi) is 10.2. The molecule has 2 aromatic rings. The molecule has 10 heteroatoms. The van der Waals surface area contributed by atoms with Gasteiger partial charge in [0.1, 0.15) is 6.04 Å². The molecule has 0 aliphatic heterocycles. The zero-order valence-corrected chi connectivity index (χ0v) is 20.7. The second-order valence-electron chi connectivity index (χ2n) is 9.13. The van der Waals surface area contributed by atoms with E-state index in [9.17, 15) is 19.5 Å². The lowest BCUT2D eigenvalue weighted by Gasteiger charge is -2.27. The van der Waals surface area contributed by atoms with Gasteiger partial charge in [0.25, 0.3) is 11.8 Å². The average molecular weight is 508 g/mol. The third-order valence-electron chi connectivity index (χ3n) is 6.09. The van der Waals surface area contributed by atoms with Gasteiger partial charge in [0.15, 0.2) is 0 Å². The van der Waals surface area contributed by atoms with Crippen molar-refractivity contribution in [2.24, 2.45) is 5.73 Å². The minimum Gasteiger partial charge on any atom is -0.391 e. The normalized spacial score (nSPS) is 18.5. The van der Waals surface area contributed by atoms with Crippen LogP contribution in [0.3, 0.4) is 0 Å². The van der Waals surface area contributed by atoms with E-state index < -0.39 is 24.0 Å². The van der Waals surface area contributed by atoms with Gasteiger partial charge in [-0.2, -0.15) is 0 Å². The molecule has 196 valence electrons. The summed E-state index contributed by atoms with van der Waals surface area (Å²) in [5, 5.41) is 26.9. The Morgan fingerprint density at radius 2 is 1.65 bits per heavy atom. The van der Waals surface area contributed by atoms with Crippen LogP contribution in [0, 0.1) is 11.8 Å². The number of rotatable bonds is 8. The lowest BCUT2D eigenvalue weighted by molar-refractivity contribution is -0.133. The number of aliphatic hydroxyl groups is 1. The maximum Gasteiger partial charge on any atom is 0.268 e. The summed E-state index contributed by atoms with van der Waals surface area (Å²) in [6.45, 7) is 1.56. The molecule has 2 aromatic carbocycles. The lowest BCUT2D eigenvalue weighted by Crippen LogP contribution is -2.51. The van der Waals surface area contributed by atoms with E-state index in [2.05, 4.69) is 27.8 Å². The Balaban J connectivity index is 1.51. The Morgan fingerprint density at radius 3 is 2.22 bits per heavy atom. The summed E-state index contributed by atoms with van der Waals surface area (Å²) < 4.78 is 0. The number of aliphatic hydroxyl groups excluding tert-OH is 1. The number of anilines is 1. The Hall–Kier alpha value is -3.75. The average Bonchev–Trinajstić information content (AvgIpc) is 2.90. The van der Waals surface area contributed by atoms with E-state index in [0.717, 1.165) is 31.2 Å². The first-order valence-corrected chi connectivity index (χ1v) is 12.2. The number of hydrogen-bond donors (Lipinski definition) is 7. The molecule has 1 aliphatic rings. The molecule has 0 saturated heterocycles. The fourth-order valence-electron chi connectivity index (χ4n) is 4.04. The van der Waals surface area contributed by atoms with Crippen LogP contribution in [0.4, 0.5) is 5.69 Å². The Morgan fingerprint density at radius 1 is 1.03 bits per heavy atom. The van der Waals surface area contributed by atoms with E-state index in [1.54, 1.807) is 48.5 Å². The van der Waals surface area contributed by atoms with Gasteiger partial charge in [0.2, 0.25) is 5.91 Å². The van der Waals surface area contributed by atoms with Crippen LogP contribution in [0.2, 0.25) is 0 Å². The highest BCUT2D eigenvalue weighted by Crippen LogP contribution is 2.16. The summed E-state index contributed by atoms with van der Waals surface area (Å²) >= 11 is 0. The first-order chi connectivity index (χ1) is 17.7. The van der Waals surface area contributed by atoms with Gasteiger partial charge in [-0.05, 0) is 74.7 Å². The summed E-state index contributed by atoms with van der Waals surface area (Å²) in [5.41, 5.74) is 9.78. The summed E-state index contributed by atoms with van der Waals surface area (Å²) in [6.07, 6.45) is 2.86. The molecule has 1 aliphatic carbocycles. The fraction of sp³-hybridized carbons (Fsp3) is 0.370. The maximum atomic E-state index is 12.4. The van der Waals surface area contributed by atoms with E-state index in [4.69, 9.17) is 10.9 Å². The highest BCUT2D eigenvalue weighted by molar-refractivity contribution is 5.97. The van der Waals surface area contributed by atoms with Crippen molar-refractivity contribution in [2.75, 3.05) is 11.9 Å². The van der Waals surface area contributed by atoms with Crippen molar-refractivity contribution in [1.29, 1.82) is 0 Å². The van der Waals surface area contributed by atoms with Crippen molar-refractivity contribution in [3.05, 3.63) is 65.2 Å². The van der Waals surface area contributed by atoms with Crippen molar-refractivity contribution in [2.45, 2.75) is 56.8 Å². The monoisotopic (exact) mass is 507 g/mol. The van der Waals surface area contributed by atoms with Crippen LogP contribution in [0.5, 0.6) is 0 Å². The molecule has 10 nitrogen and oxygen atoms in total. The lowest BCUT2D eigenvalue weighted by atomic mass is 9.92. The van der Waals surface area contributed by atoms with E-state index in [1.807, 2.05) is 0 Å². The van der Waals surface area contributed by atoms with Crippen molar-refractivity contribution in [1.82, 2.24) is 16.1 Å². The number of benzene rings is 2. The molecule has 0 spiro atoms. The summed E-state index contributed by atoms with van der Waals surface area (Å²) in [5.74, 6) is 4.43. The summed E-state index contributed by atoms with van der Waals surface area (Å²) in [7, 11) is 0. The van der Waals surface area contributed by atoms with E-state index in [-0.39, 0.29) is 30.1 Å². The standard InChI is InChI=1S/C27H33N5O5/c1-17(33)25(27(36)32-37)31-26(35)20-11-7-18(8-12-20)5-6-19-9-13-22(14-10-19)30-24(34)16-29-23-4-2-3-21(28)15-23/h7-14,17,21,23,25,29,33,37H,2-4,15-16,28H2,1H3,(H,30,34)(H,31,35)(H,32,36). The summed E-state index contributed by atoms with van der Waals surface area (Å²) in [6, 6.07) is 12.8. The molecule has 3 amide bonds. The van der Waals surface area contributed by atoms with E-state index in [1.165, 1.54) is 12.4 Å². The van der Waals surface area contributed by atoms with Crippen molar-refractivity contribution < 1.29 is 24.7 Å². The van der Waals surface area contributed by atoms with Crippen molar-refractivity contribution in [3.63, 3.8) is 0 Å². The smallest absolute Gasteiger partial charge is 0.268 e. The molecule has 0 aromatic heterocycles. The van der Waals surface area contributed by atoms with Crippen LogP contribution >= 0.6 is 0 Å². The van der Waals surface area contributed by atoms with Crippen LogP contribution < -0.4 is 27.2 Å². The van der Waals surface area contributed by atoms with Gasteiger partial charge in [-0.15, -0.1) is 0 Å². The number of carbonyl (C=O) groups is 3.